The molecular weight excluding hydrogens is 183 g/mol. The Balaban J connectivity index is 5.08. The lowest BCUT2D eigenvalue weighted by Crippen LogP contribution is -2.18. The number of aliphatic hydroxyl groups is 1. The van der Waals surface area contributed by atoms with Crippen LogP contribution in [0.4, 0.5) is 0 Å². The van der Waals surface area contributed by atoms with Gasteiger partial charge in [0.25, 0.3) is 0 Å². The summed E-state index contributed by atoms with van der Waals surface area (Å²) in [7, 11) is 1.76. The standard InChI is InChI=1S/C6H9O5P/c1-2(7)3(5(8)9)4(12)6(10)11/h2,7H,12H2,1H3,(H,8,9)(H,10,11). The van der Waals surface area contributed by atoms with E-state index >= 15 is 0 Å². The molecule has 3 N–H and O–H groups in total. The molecule has 12 heavy (non-hydrogen) atoms. The molecule has 0 rings (SSSR count). The van der Waals surface area contributed by atoms with Gasteiger partial charge in [-0.25, -0.2) is 9.59 Å². The van der Waals surface area contributed by atoms with Crippen LogP contribution in [0, 0.1) is 0 Å². The molecular formula is C6H9O5P. The first-order valence-electron chi connectivity index (χ1n) is 3.02. The fraction of sp³-hybridized carbons (Fsp3) is 0.333. The number of aliphatic carboxylic acids is 2. The zero-order chi connectivity index (χ0) is 9.89. The lowest BCUT2D eigenvalue weighted by atomic mass is 10.1. The van der Waals surface area contributed by atoms with E-state index in [1.807, 2.05) is 0 Å². The molecule has 0 fully saturated rings. The van der Waals surface area contributed by atoms with Crippen LogP contribution in [0.25, 0.3) is 0 Å². The molecule has 0 aliphatic rings. The molecule has 0 bridgehead atoms. The van der Waals surface area contributed by atoms with Crippen LogP contribution in [0.2, 0.25) is 0 Å². The summed E-state index contributed by atoms with van der Waals surface area (Å²) in [4.78, 5) is 20.7. The first-order chi connectivity index (χ1) is 5.37. The fourth-order valence-corrected chi connectivity index (χ4v) is 0.999. The van der Waals surface area contributed by atoms with E-state index in [1.54, 1.807) is 9.24 Å². The minimum atomic E-state index is -1.43. The molecule has 6 heteroatoms. The van der Waals surface area contributed by atoms with Gasteiger partial charge < -0.3 is 15.3 Å². The summed E-state index contributed by atoms with van der Waals surface area (Å²) in [5.41, 5.74) is -0.521. The predicted molar refractivity (Wildman–Crippen MR) is 43.7 cm³/mol. The first kappa shape index (κ1) is 11.1. The molecule has 0 aromatic carbocycles. The zero-order valence-corrected chi connectivity index (χ0v) is 7.47. The number of hydrogen-bond acceptors (Lipinski definition) is 3. The predicted octanol–water partition coefficient (Wildman–Crippen LogP) is -0.334. The number of rotatable bonds is 3. The molecule has 0 aliphatic carbocycles. The van der Waals surface area contributed by atoms with Crippen LogP contribution in [0.5, 0.6) is 0 Å². The highest BCUT2D eigenvalue weighted by Gasteiger charge is 2.20. The van der Waals surface area contributed by atoms with E-state index in [-0.39, 0.29) is 0 Å². The third-order valence-corrected chi connectivity index (χ3v) is 1.73. The Morgan fingerprint density at radius 3 is 1.75 bits per heavy atom. The molecule has 0 heterocycles. The molecule has 0 aromatic heterocycles. The van der Waals surface area contributed by atoms with Crippen molar-refractivity contribution in [1.29, 1.82) is 0 Å². The van der Waals surface area contributed by atoms with Crippen molar-refractivity contribution in [2.24, 2.45) is 0 Å². The number of carboxylic acids is 2. The molecule has 0 amide bonds. The minimum Gasteiger partial charge on any atom is -0.478 e. The van der Waals surface area contributed by atoms with Gasteiger partial charge in [0.1, 0.15) is 0 Å². The van der Waals surface area contributed by atoms with Crippen molar-refractivity contribution in [1.82, 2.24) is 0 Å². The average molecular weight is 192 g/mol. The maximum Gasteiger partial charge on any atom is 0.336 e. The number of aliphatic hydroxyl groups excluding tert-OH is 1. The van der Waals surface area contributed by atoms with Crippen LogP contribution >= 0.6 is 9.24 Å². The maximum atomic E-state index is 10.4. The summed E-state index contributed by atoms with van der Waals surface area (Å²) in [6.45, 7) is 1.19. The third-order valence-electron chi connectivity index (χ3n) is 1.17. The van der Waals surface area contributed by atoms with E-state index in [4.69, 9.17) is 15.3 Å². The molecule has 68 valence electrons. The summed E-state index contributed by atoms with van der Waals surface area (Å²) in [5.74, 6) is -2.81. The van der Waals surface area contributed by atoms with Crippen LogP contribution in [0.1, 0.15) is 6.92 Å². The summed E-state index contributed by atoms with van der Waals surface area (Å²) in [5, 5.41) is 25.3. The van der Waals surface area contributed by atoms with Gasteiger partial charge in [0, 0.05) is 0 Å². The zero-order valence-electron chi connectivity index (χ0n) is 6.31. The Labute approximate surface area is 70.9 Å². The number of carbonyl (C=O) groups is 2. The molecule has 2 unspecified atom stereocenters. The van der Waals surface area contributed by atoms with Crippen molar-refractivity contribution in [3.05, 3.63) is 10.9 Å². The van der Waals surface area contributed by atoms with Gasteiger partial charge in [0.15, 0.2) is 0 Å². The number of carboxylic acid groups (broad SMARTS) is 2. The number of hydrogen-bond donors (Lipinski definition) is 3. The lowest BCUT2D eigenvalue weighted by Gasteiger charge is -2.06. The molecule has 0 saturated carbocycles. The minimum absolute atomic E-state index is 0.433. The van der Waals surface area contributed by atoms with Gasteiger partial charge in [-0.2, -0.15) is 0 Å². The molecule has 0 aliphatic heterocycles. The van der Waals surface area contributed by atoms with E-state index in [1.165, 1.54) is 6.92 Å². The van der Waals surface area contributed by atoms with Crippen molar-refractivity contribution in [3.63, 3.8) is 0 Å². The Morgan fingerprint density at radius 1 is 1.25 bits per heavy atom. The quantitative estimate of drug-likeness (QED) is 0.420. The Morgan fingerprint density at radius 2 is 1.67 bits per heavy atom. The first-order valence-corrected chi connectivity index (χ1v) is 3.60. The SMILES string of the molecule is CC(O)C(C(=O)O)=C(P)C(=O)O. The Kier molecular flexibility index (Phi) is 3.86. The average Bonchev–Trinajstić information content (AvgIpc) is 1.85. The van der Waals surface area contributed by atoms with Crippen molar-refractivity contribution in [2.45, 2.75) is 13.0 Å². The third kappa shape index (κ3) is 2.60. The van der Waals surface area contributed by atoms with Gasteiger partial charge in [-0.15, -0.1) is 0 Å². The maximum absolute atomic E-state index is 10.4. The van der Waals surface area contributed by atoms with Gasteiger partial charge in [0.2, 0.25) is 0 Å². The van der Waals surface area contributed by atoms with Crippen LogP contribution in [-0.4, -0.2) is 33.4 Å². The smallest absolute Gasteiger partial charge is 0.336 e. The molecule has 0 saturated heterocycles. The second kappa shape index (κ2) is 4.18. The van der Waals surface area contributed by atoms with Crippen molar-refractivity contribution in [3.8, 4) is 0 Å². The highest BCUT2D eigenvalue weighted by atomic mass is 31.0. The van der Waals surface area contributed by atoms with E-state index < -0.39 is 28.9 Å². The van der Waals surface area contributed by atoms with Crippen LogP contribution in [0.15, 0.2) is 10.9 Å². The highest BCUT2D eigenvalue weighted by molar-refractivity contribution is 7.25. The second-order valence-corrected chi connectivity index (χ2v) is 2.69. The van der Waals surface area contributed by atoms with Gasteiger partial charge in [-0.1, -0.05) is 9.24 Å². The van der Waals surface area contributed by atoms with Crippen LogP contribution < -0.4 is 0 Å². The normalized spacial score (nSPS) is 14.9. The molecule has 2 atom stereocenters. The van der Waals surface area contributed by atoms with Crippen molar-refractivity contribution in [2.75, 3.05) is 0 Å². The van der Waals surface area contributed by atoms with Crippen LogP contribution in [-0.2, 0) is 9.59 Å². The fourth-order valence-electron chi connectivity index (χ4n) is 0.634. The van der Waals surface area contributed by atoms with Crippen molar-refractivity contribution < 1.29 is 24.9 Å². The van der Waals surface area contributed by atoms with E-state index in [0.29, 0.717) is 0 Å². The summed E-state index contributed by atoms with van der Waals surface area (Å²) >= 11 is 0. The van der Waals surface area contributed by atoms with E-state index in [9.17, 15) is 9.59 Å². The molecule has 0 aromatic rings. The van der Waals surface area contributed by atoms with E-state index in [0.717, 1.165) is 0 Å². The van der Waals surface area contributed by atoms with Gasteiger partial charge in [-0.3, -0.25) is 0 Å². The van der Waals surface area contributed by atoms with Crippen LogP contribution in [0.3, 0.4) is 0 Å². The molecule has 0 spiro atoms. The molecule has 5 nitrogen and oxygen atoms in total. The van der Waals surface area contributed by atoms with E-state index in [2.05, 4.69) is 0 Å². The summed E-state index contributed by atoms with van der Waals surface area (Å²) < 4.78 is 0. The topological polar surface area (TPSA) is 94.8 Å². The van der Waals surface area contributed by atoms with Gasteiger partial charge >= 0.3 is 11.9 Å². The van der Waals surface area contributed by atoms with Gasteiger partial charge in [0.05, 0.1) is 17.0 Å². The summed E-state index contributed by atoms with van der Waals surface area (Å²) in [6.07, 6.45) is -1.30. The van der Waals surface area contributed by atoms with Gasteiger partial charge in [-0.05, 0) is 6.92 Å². The Bertz CT molecular complexity index is 242. The second-order valence-electron chi connectivity index (χ2n) is 2.11. The summed E-state index contributed by atoms with van der Waals surface area (Å²) in [6, 6.07) is 0. The molecule has 0 radical (unpaired) electrons. The highest BCUT2D eigenvalue weighted by Crippen LogP contribution is 2.16. The lowest BCUT2D eigenvalue weighted by molar-refractivity contribution is -0.136. The Hall–Kier alpha value is -0.930. The van der Waals surface area contributed by atoms with Crippen molar-refractivity contribution >= 4 is 21.2 Å². The monoisotopic (exact) mass is 192 g/mol. The largest absolute Gasteiger partial charge is 0.478 e.